The Morgan fingerprint density at radius 1 is 1.82 bits per heavy atom. The van der Waals surface area contributed by atoms with Gasteiger partial charge in [0.1, 0.15) is 0 Å². The van der Waals surface area contributed by atoms with E-state index in [0.717, 1.165) is 12.1 Å². The average Bonchev–Trinajstić information content (AvgIpc) is 2.33. The van der Waals surface area contributed by atoms with Gasteiger partial charge >= 0.3 is 0 Å². The zero-order chi connectivity index (χ0) is 7.56. The normalized spacial score (nSPS) is 8.82. The van der Waals surface area contributed by atoms with E-state index in [9.17, 15) is 4.79 Å². The van der Waals surface area contributed by atoms with Crippen LogP contribution in [0.5, 0.6) is 0 Å². The van der Waals surface area contributed by atoms with Gasteiger partial charge in [-0.1, -0.05) is 19.0 Å². The Balaban J connectivity index is 0.000001000. The molecule has 1 aromatic heterocycles. The van der Waals surface area contributed by atoms with Gasteiger partial charge in [0.05, 0.1) is 0 Å². The van der Waals surface area contributed by atoms with Crippen molar-refractivity contribution in [1.82, 2.24) is 4.98 Å². The largest absolute Gasteiger partial charge is 0.390 e. The van der Waals surface area contributed by atoms with Gasteiger partial charge in [-0.05, 0) is 10.4 Å². The van der Waals surface area contributed by atoms with Crippen LogP contribution in [0.25, 0.3) is 0 Å². The number of aryl methyl sites for hydroxylation is 1. The second-order valence-corrected chi connectivity index (χ2v) is 2.59. The fraction of sp³-hybridized carbons (Fsp3) is 0.333. The van der Waals surface area contributed by atoms with Crippen molar-refractivity contribution in [3.8, 4) is 0 Å². The Bertz CT molecular complexity index is 248. The minimum atomic E-state index is -0.407. The zero-order valence-corrected chi connectivity index (χ0v) is 13.5. The number of nitrogens with zero attached hydrogens (tertiary/aromatic N) is 1. The molecule has 0 spiro atoms. The van der Waals surface area contributed by atoms with E-state index in [1.165, 1.54) is 11.3 Å². The molecule has 0 unspecified atom stereocenters. The van der Waals surface area contributed by atoms with E-state index in [1.807, 2.05) is 6.92 Å². The van der Waals surface area contributed by atoms with Gasteiger partial charge in [0, 0.05) is 0 Å². The Morgan fingerprint density at radius 3 is 2.82 bits per heavy atom. The average molecular weight is 422 g/mol. The van der Waals surface area contributed by atoms with E-state index in [-0.39, 0.29) is 0 Å². The zero-order valence-electron chi connectivity index (χ0n) is 6.26. The molecular weight excluding hydrogens is 415 g/mol. The smallest absolute Gasteiger partial charge is 0.193 e. The summed E-state index contributed by atoms with van der Waals surface area (Å²) in [5, 5.41) is 0. The number of hydrogen-bond acceptors (Lipinski definition) is 3. The molecule has 0 radical (unpaired) electrons. The third kappa shape index (κ3) is 1.52. The van der Waals surface area contributed by atoms with Gasteiger partial charge in [0.15, 0.2) is 5.91 Å². The number of amides is 1. The summed E-state index contributed by atoms with van der Waals surface area (Å²) in [5.41, 5.74) is 8.42. The molecule has 0 atom stereocenters. The standard InChI is InChI=1S/C6H7N2OS.Rf/c1-2-4-5(6(7)9)10-3-8-4;/h2H2,1H3,(H2,7,9);/q-1;. The SMILES string of the molecule is CCc1n[c-]sc1C(N)=O.[Rf]. The topological polar surface area (TPSA) is 56.0 Å². The molecule has 1 aromatic rings. The molecule has 0 aromatic carbocycles. The maximum absolute atomic E-state index is 10.6. The molecule has 1 rings (SSSR count). The van der Waals surface area contributed by atoms with Crippen molar-refractivity contribution in [3.63, 3.8) is 0 Å². The second-order valence-electron chi connectivity index (χ2n) is 1.80. The molecule has 0 bridgehead atoms. The number of carbonyl (C=O) groups is 1. The van der Waals surface area contributed by atoms with Crippen molar-refractivity contribution >= 4 is 17.2 Å². The van der Waals surface area contributed by atoms with Crippen LogP contribution in [-0.4, -0.2) is 10.9 Å². The summed E-state index contributed by atoms with van der Waals surface area (Å²) < 4.78 is 0. The molecular formula is C6H7N2ORfS-. The molecule has 56 valence electrons. The fourth-order valence-corrected chi connectivity index (χ4v) is 1.32. The van der Waals surface area contributed by atoms with E-state index in [1.54, 1.807) is 0 Å². The summed E-state index contributed by atoms with van der Waals surface area (Å²) in [6.07, 6.45) is 0.734. The van der Waals surface area contributed by atoms with Crippen LogP contribution >= 0.6 is 11.3 Å². The molecule has 3 nitrogen and oxygen atoms in total. The molecule has 1 heterocycles. The molecule has 0 aliphatic heterocycles. The predicted molar refractivity (Wildman–Crippen MR) is 38.8 cm³/mol. The van der Waals surface area contributed by atoms with Gasteiger partial charge in [-0.15, -0.1) is 0 Å². The molecule has 0 saturated carbocycles. The number of nitrogens with two attached hydrogens (primary N) is 1. The van der Waals surface area contributed by atoms with Crippen LogP contribution in [0.4, 0.5) is 0 Å². The van der Waals surface area contributed by atoms with Crippen LogP contribution in [0.15, 0.2) is 0 Å². The summed E-state index contributed by atoms with van der Waals surface area (Å²) in [4.78, 5) is 15.0. The maximum Gasteiger partial charge on any atom is 0.193 e. The molecule has 0 saturated heterocycles. The number of rotatable bonds is 2. The summed E-state index contributed by atoms with van der Waals surface area (Å²) >= 11 is 1.17. The van der Waals surface area contributed by atoms with E-state index in [2.05, 4.69) is 10.5 Å². The van der Waals surface area contributed by atoms with Crippen molar-refractivity contribution in [2.75, 3.05) is 0 Å². The molecule has 1 amide bonds. The van der Waals surface area contributed by atoms with Crippen LogP contribution in [-0.2, 0) is 6.42 Å². The third-order valence-corrected chi connectivity index (χ3v) is 1.97. The molecule has 2 N–H and O–H groups in total. The first-order valence-corrected chi connectivity index (χ1v) is 3.73. The monoisotopic (exact) mass is 422 g/mol. The number of thiazole rings is 1. The van der Waals surface area contributed by atoms with Gasteiger partial charge in [-0.2, -0.15) is 0 Å². The Hall–Kier alpha value is -1.90. The molecule has 0 fully saturated rings. The Kier molecular flexibility index (Phi) is 2.74. The van der Waals surface area contributed by atoms with Crippen molar-refractivity contribution in [1.29, 1.82) is 0 Å². The van der Waals surface area contributed by atoms with Crippen molar-refractivity contribution in [3.05, 3.63) is 16.1 Å². The van der Waals surface area contributed by atoms with Crippen LogP contribution in [0.1, 0.15) is 22.3 Å². The van der Waals surface area contributed by atoms with Gasteiger partial charge in [-0.25, -0.2) is 0 Å². The van der Waals surface area contributed by atoms with Crippen LogP contribution in [0.3, 0.4) is 0 Å². The van der Waals surface area contributed by atoms with Gasteiger partial charge in [0.2, 0.25) is 0 Å². The first kappa shape index (κ1) is 9.10. The summed E-state index contributed by atoms with van der Waals surface area (Å²) in [5.74, 6) is -0.407. The molecule has 11 heavy (non-hydrogen) atoms. The molecule has 0 aliphatic rings. The number of carbonyl (C=O) groups excluding carboxylic acids is 1. The first-order valence-electron chi connectivity index (χ1n) is 2.91. The van der Waals surface area contributed by atoms with Gasteiger partial charge in [-0.3, -0.25) is 16.1 Å². The minimum Gasteiger partial charge on any atom is -0.390 e. The van der Waals surface area contributed by atoms with Crippen molar-refractivity contribution < 1.29 is 4.79 Å². The number of primary amides is 1. The summed E-state index contributed by atoms with van der Waals surface area (Å²) in [7, 11) is 0. The van der Waals surface area contributed by atoms with Crippen molar-refractivity contribution in [2.45, 2.75) is 13.3 Å². The van der Waals surface area contributed by atoms with E-state index < -0.39 is 5.91 Å². The van der Waals surface area contributed by atoms with Crippen LogP contribution in [0, 0.1) is 5.51 Å². The Labute approximate surface area is 62.9 Å². The molecule has 5 heteroatoms. The number of hydrogen-bond donors (Lipinski definition) is 1. The fourth-order valence-electron chi connectivity index (χ4n) is 0.665. The second kappa shape index (κ2) is 3.31. The van der Waals surface area contributed by atoms with Gasteiger partial charge in [0.25, 0.3) is 0 Å². The summed E-state index contributed by atoms with van der Waals surface area (Å²) in [6.45, 7) is 1.93. The van der Waals surface area contributed by atoms with Crippen molar-refractivity contribution in [2.24, 2.45) is 5.73 Å². The predicted octanol–water partition coefficient (Wildman–Crippen LogP) is 0.605. The van der Waals surface area contributed by atoms with Crippen LogP contribution in [0.2, 0.25) is 0 Å². The van der Waals surface area contributed by atoms with E-state index in [0.29, 0.717) is 4.88 Å². The van der Waals surface area contributed by atoms with Crippen LogP contribution < -0.4 is 5.73 Å². The Morgan fingerprint density at radius 2 is 2.45 bits per heavy atom. The summed E-state index contributed by atoms with van der Waals surface area (Å²) in [6, 6.07) is 0. The molecule has 0 aliphatic carbocycles. The van der Waals surface area contributed by atoms with E-state index in [4.69, 9.17) is 5.73 Å². The quantitative estimate of drug-likeness (QED) is 0.711. The third-order valence-electron chi connectivity index (χ3n) is 1.15. The maximum atomic E-state index is 10.6. The first-order chi connectivity index (χ1) is 4.75. The minimum absolute atomic E-state index is 0. The number of aromatic nitrogens is 1. The van der Waals surface area contributed by atoms with Gasteiger partial charge < -0.3 is 10.7 Å². The van der Waals surface area contributed by atoms with E-state index >= 15 is 0 Å².